The quantitative estimate of drug-likeness (QED) is 0.745. The topological polar surface area (TPSA) is 121 Å². The fourth-order valence-electron chi connectivity index (χ4n) is 2.17. The maximum atomic E-state index is 11.7. The van der Waals surface area contributed by atoms with E-state index in [0.717, 1.165) is 10.9 Å². The van der Waals surface area contributed by atoms with Crippen LogP contribution in [0.25, 0.3) is 10.9 Å². The largest absolute Gasteiger partial charge is 0.530 e. The molecule has 0 aliphatic heterocycles. The Labute approximate surface area is 135 Å². The van der Waals surface area contributed by atoms with Crippen LogP contribution in [0.15, 0.2) is 42.9 Å². The molecular formula is C15H12N5O4-. The molecule has 0 aliphatic rings. The van der Waals surface area contributed by atoms with E-state index in [9.17, 15) is 14.7 Å². The zero-order valence-corrected chi connectivity index (χ0v) is 12.5. The molecule has 2 N–H and O–H groups in total. The summed E-state index contributed by atoms with van der Waals surface area (Å²) in [5.74, 6) is 0.695. The maximum absolute atomic E-state index is 11.7. The van der Waals surface area contributed by atoms with Crippen LogP contribution < -0.4 is 20.5 Å². The fraction of sp³-hybridized carbons (Fsp3) is 0.0667. The van der Waals surface area contributed by atoms with E-state index in [4.69, 9.17) is 4.74 Å². The third kappa shape index (κ3) is 3.09. The van der Waals surface area contributed by atoms with Gasteiger partial charge in [0.15, 0.2) is 0 Å². The number of nitrogens with zero attached hydrogens (tertiary/aromatic N) is 3. The van der Waals surface area contributed by atoms with E-state index < -0.39 is 6.09 Å². The Morgan fingerprint density at radius 1 is 1.21 bits per heavy atom. The van der Waals surface area contributed by atoms with Crippen LogP contribution in [0, 0.1) is 0 Å². The zero-order valence-electron chi connectivity index (χ0n) is 12.5. The number of fused-ring (bicyclic) bond motifs is 1. The molecule has 2 heterocycles. The van der Waals surface area contributed by atoms with Crippen molar-refractivity contribution in [1.29, 1.82) is 0 Å². The second kappa shape index (κ2) is 6.24. The number of anilines is 1. The lowest BCUT2D eigenvalue weighted by Crippen LogP contribution is -2.29. The van der Waals surface area contributed by atoms with Gasteiger partial charge < -0.3 is 25.3 Å². The highest BCUT2D eigenvalue weighted by Gasteiger charge is 2.09. The third-order valence-corrected chi connectivity index (χ3v) is 3.19. The molecule has 9 heteroatoms. The number of benzene rings is 1. The van der Waals surface area contributed by atoms with E-state index in [0.29, 0.717) is 5.75 Å². The summed E-state index contributed by atoms with van der Waals surface area (Å²) in [6.45, 7) is 0. The Morgan fingerprint density at radius 3 is 2.79 bits per heavy atom. The van der Waals surface area contributed by atoms with E-state index in [-0.39, 0.29) is 17.7 Å². The number of carboxylic acid groups (broad SMARTS) is 1. The average molecular weight is 326 g/mol. The molecule has 1 aromatic carbocycles. The number of nitrogens with one attached hydrogen (secondary N) is 2. The minimum absolute atomic E-state index is 0.0480. The Kier molecular flexibility index (Phi) is 3.98. The van der Waals surface area contributed by atoms with Gasteiger partial charge in [0.05, 0.1) is 5.52 Å². The highest BCUT2D eigenvalue weighted by atomic mass is 16.5. The Bertz CT molecular complexity index is 921. The summed E-state index contributed by atoms with van der Waals surface area (Å²) in [5, 5.41) is 15.9. The number of hydrogen-bond acceptors (Lipinski definition) is 6. The number of hydrogen-bond donors (Lipinski definition) is 2. The summed E-state index contributed by atoms with van der Waals surface area (Å²) in [4.78, 5) is 29.9. The molecule has 0 radical (unpaired) electrons. The molecule has 2 aromatic heterocycles. The lowest BCUT2D eigenvalue weighted by Gasteiger charge is -2.08. The maximum Gasteiger partial charge on any atom is 0.325 e. The number of aromatic nitrogens is 3. The molecule has 3 aromatic rings. The van der Waals surface area contributed by atoms with Gasteiger partial charge in [-0.25, -0.2) is 14.8 Å². The van der Waals surface area contributed by atoms with Gasteiger partial charge in [-0.05, 0) is 24.3 Å². The molecule has 3 rings (SSSR count). The highest BCUT2D eigenvalue weighted by Crippen LogP contribution is 2.26. The van der Waals surface area contributed by atoms with Crippen molar-refractivity contribution in [3.05, 3.63) is 42.9 Å². The van der Waals surface area contributed by atoms with Gasteiger partial charge in [-0.1, -0.05) is 0 Å². The van der Waals surface area contributed by atoms with E-state index in [1.54, 1.807) is 37.5 Å². The molecule has 0 unspecified atom stereocenters. The van der Waals surface area contributed by atoms with Crippen LogP contribution in [-0.4, -0.2) is 33.7 Å². The lowest BCUT2D eigenvalue weighted by molar-refractivity contribution is -0.242. The molecule has 0 fully saturated rings. The van der Waals surface area contributed by atoms with Crippen molar-refractivity contribution in [1.82, 2.24) is 19.9 Å². The smallest absolute Gasteiger partial charge is 0.325 e. The molecule has 0 spiro atoms. The number of ether oxygens (including phenoxy) is 1. The number of carbonyl (C=O) groups is 2. The standard InChI is InChI=1S/C15H13N5O4/c1-16-14(21)20-5-4-9-6-10(2-3-11(9)20)24-13-7-12(17-8-18-13)19-15(22)23/h2-8H,1H3,(H,16,21)(H,22,23)(H,17,18,19)/p-1. The van der Waals surface area contributed by atoms with Gasteiger partial charge in [0.1, 0.15) is 24.0 Å². The van der Waals surface area contributed by atoms with Gasteiger partial charge in [0.25, 0.3) is 0 Å². The predicted octanol–water partition coefficient (Wildman–Crippen LogP) is 1.17. The minimum atomic E-state index is -1.48. The fourth-order valence-corrected chi connectivity index (χ4v) is 2.17. The van der Waals surface area contributed by atoms with Crippen LogP contribution >= 0.6 is 0 Å². The summed E-state index contributed by atoms with van der Waals surface area (Å²) in [5.41, 5.74) is 0.726. The second-order valence-electron chi connectivity index (χ2n) is 4.72. The molecule has 0 saturated heterocycles. The van der Waals surface area contributed by atoms with Crippen molar-refractivity contribution in [2.45, 2.75) is 0 Å². The van der Waals surface area contributed by atoms with Crippen molar-refractivity contribution in [2.75, 3.05) is 12.4 Å². The number of carbonyl (C=O) groups excluding carboxylic acids is 2. The van der Waals surface area contributed by atoms with Gasteiger partial charge in [-0.2, -0.15) is 0 Å². The van der Waals surface area contributed by atoms with Gasteiger partial charge in [-0.3, -0.25) is 4.57 Å². The normalized spacial score (nSPS) is 10.4. The first-order valence-electron chi connectivity index (χ1n) is 6.88. The first-order valence-corrected chi connectivity index (χ1v) is 6.88. The molecule has 122 valence electrons. The number of rotatable bonds is 3. The zero-order chi connectivity index (χ0) is 17.1. The van der Waals surface area contributed by atoms with E-state index in [1.165, 1.54) is 17.0 Å². The van der Waals surface area contributed by atoms with Crippen LogP contribution in [0.5, 0.6) is 11.6 Å². The number of amides is 2. The van der Waals surface area contributed by atoms with Crippen molar-refractivity contribution >= 4 is 28.8 Å². The van der Waals surface area contributed by atoms with Crippen LogP contribution in [0.1, 0.15) is 0 Å². The lowest BCUT2D eigenvalue weighted by atomic mass is 10.2. The van der Waals surface area contributed by atoms with Crippen molar-refractivity contribution in [3.63, 3.8) is 0 Å². The molecule has 9 nitrogen and oxygen atoms in total. The van der Waals surface area contributed by atoms with Crippen LogP contribution in [0.3, 0.4) is 0 Å². The summed E-state index contributed by atoms with van der Waals surface area (Å²) in [6, 6.07) is 8.02. The van der Waals surface area contributed by atoms with E-state index >= 15 is 0 Å². The Balaban J connectivity index is 1.86. The van der Waals surface area contributed by atoms with Crippen molar-refractivity contribution < 1.29 is 19.4 Å². The summed E-state index contributed by atoms with van der Waals surface area (Å²) >= 11 is 0. The molecule has 0 atom stereocenters. The Morgan fingerprint density at radius 2 is 2.04 bits per heavy atom. The summed E-state index contributed by atoms with van der Waals surface area (Å²) in [6.07, 6.45) is 1.35. The van der Waals surface area contributed by atoms with Gasteiger partial charge in [0.2, 0.25) is 5.88 Å². The SMILES string of the molecule is CNC(=O)n1ccc2cc(Oc3cc(NC(=O)[O-])ncn3)ccc21. The first-order chi connectivity index (χ1) is 11.6. The van der Waals surface area contributed by atoms with Crippen LogP contribution in [0.4, 0.5) is 15.4 Å². The third-order valence-electron chi connectivity index (χ3n) is 3.19. The van der Waals surface area contributed by atoms with Crippen LogP contribution in [-0.2, 0) is 0 Å². The molecule has 24 heavy (non-hydrogen) atoms. The Hall–Kier alpha value is -3.62. The average Bonchev–Trinajstić information content (AvgIpc) is 2.97. The summed E-state index contributed by atoms with van der Waals surface area (Å²) in [7, 11) is 1.55. The predicted molar refractivity (Wildman–Crippen MR) is 82.9 cm³/mol. The van der Waals surface area contributed by atoms with Gasteiger partial charge >= 0.3 is 6.03 Å². The molecule has 2 amide bonds. The van der Waals surface area contributed by atoms with Crippen molar-refractivity contribution in [3.8, 4) is 11.6 Å². The molecule has 0 saturated carbocycles. The highest BCUT2D eigenvalue weighted by molar-refractivity contribution is 5.92. The minimum Gasteiger partial charge on any atom is -0.530 e. The van der Waals surface area contributed by atoms with Gasteiger partial charge in [0, 0.05) is 24.7 Å². The molecular weight excluding hydrogens is 314 g/mol. The summed E-state index contributed by atoms with van der Waals surface area (Å²) < 4.78 is 7.07. The van der Waals surface area contributed by atoms with E-state index in [2.05, 4.69) is 15.3 Å². The van der Waals surface area contributed by atoms with Crippen molar-refractivity contribution in [2.24, 2.45) is 0 Å². The van der Waals surface area contributed by atoms with E-state index in [1.807, 2.05) is 5.32 Å². The van der Waals surface area contributed by atoms with Crippen LogP contribution in [0.2, 0.25) is 0 Å². The first kappa shape index (κ1) is 15.3. The monoisotopic (exact) mass is 326 g/mol. The van der Waals surface area contributed by atoms with Gasteiger partial charge in [-0.15, -0.1) is 0 Å². The molecule has 0 bridgehead atoms. The second-order valence-corrected chi connectivity index (χ2v) is 4.72. The molecule has 0 aliphatic carbocycles.